The van der Waals surface area contributed by atoms with Crippen LogP contribution in [0, 0.1) is 12.7 Å². The fraction of sp³-hybridized carbons (Fsp3) is 0.250. The van der Waals surface area contributed by atoms with Gasteiger partial charge in [-0.2, -0.15) is 13.9 Å². The highest BCUT2D eigenvalue weighted by atomic mass is 32.2. The number of amides is 2. The van der Waals surface area contributed by atoms with E-state index in [1.165, 1.54) is 0 Å². The number of nitrogens with one attached hydrogen (secondary N) is 1. The van der Waals surface area contributed by atoms with E-state index >= 15 is 0 Å². The molecule has 1 aliphatic carbocycles. The van der Waals surface area contributed by atoms with Crippen LogP contribution in [0.15, 0.2) is 45.9 Å². The van der Waals surface area contributed by atoms with Gasteiger partial charge in [-0.25, -0.2) is 13.9 Å². The van der Waals surface area contributed by atoms with Crippen molar-refractivity contribution in [3.63, 3.8) is 0 Å². The molecule has 7 nitrogen and oxygen atoms in total. The molecule has 1 atom stereocenters. The SMILES string of the molecule is Cc1nc2c(c(NC(=O)N=S(N)c3nn(C(F)F)cc3F)c1-c1ccccc1)CCC2. The van der Waals surface area contributed by atoms with Gasteiger partial charge in [0.1, 0.15) is 0 Å². The Bertz CT molecular complexity index is 1180. The van der Waals surface area contributed by atoms with Crippen LogP contribution >= 0.6 is 0 Å². The quantitative estimate of drug-likeness (QED) is 0.612. The molecule has 3 aromatic rings. The predicted molar refractivity (Wildman–Crippen MR) is 111 cm³/mol. The normalized spacial score (nSPS) is 14.1. The number of hydrogen-bond donors (Lipinski definition) is 2. The van der Waals surface area contributed by atoms with Crippen molar-refractivity contribution >= 4 is 22.6 Å². The number of nitrogens with two attached hydrogens (primary N) is 1. The second-order valence-electron chi connectivity index (χ2n) is 6.97. The van der Waals surface area contributed by atoms with E-state index in [0.29, 0.717) is 11.9 Å². The third kappa shape index (κ3) is 4.23. The second-order valence-corrected chi connectivity index (χ2v) is 8.17. The lowest BCUT2D eigenvalue weighted by Crippen LogP contribution is -2.16. The monoisotopic (exact) mass is 448 g/mol. The Kier molecular flexibility index (Phi) is 5.88. The third-order valence-electron chi connectivity index (χ3n) is 4.93. The summed E-state index contributed by atoms with van der Waals surface area (Å²) >= 11 is 0. The molecule has 0 fully saturated rings. The maximum absolute atomic E-state index is 13.9. The van der Waals surface area contributed by atoms with Crippen molar-refractivity contribution in [2.75, 3.05) is 5.32 Å². The van der Waals surface area contributed by atoms with Gasteiger partial charge in [-0.3, -0.25) is 10.1 Å². The Morgan fingerprint density at radius 1 is 1.29 bits per heavy atom. The van der Waals surface area contributed by atoms with Crippen molar-refractivity contribution < 1.29 is 18.0 Å². The minimum Gasteiger partial charge on any atom is -0.305 e. The van der Waals surface area contributed by atoms with Crippen LogP contribution in [0.3, 0.4) is 0 Å². The Morgan fingerprint density at radius 3 is 2.71 bits per heavy atom. The number of carbonyl (C=O) groups excluding carboxylic acids is 1. The van der Waals surface area contributed by atoms with E-state index in [-0.39, 0.29) is 4.68 Å². The molecule has 0 bridgehead atoms. The molecular formula is C20H19F3N6OS. The molecule has 1 aromatic carbocycles. The summed E-state index contributed by atoms with van der Waals surface area (Å²) in [6, 6.07) is 8.68. The topological polar surface area (TPSA) is 98.2 Å². The van der Waals surface area contributed by atoms with Crippen LogP contribution in [0.25, 0.3) is 11.1 Å². The average molecular weight is 448 g/mol. The molecule has 162 valence electrons. The number of hydrogen-bond acceptors (Lipinski definition) is 3. The van der Waals surface area contributed by atoms with Gasteiger partial charge in [0.25, 0.3) is 0 Å². The van der Waals surface area contributed by atoms with Gasteiger partial charge in [-0.1, -0.05) is 30.3 Å². The number of aromatic nitrogens is 3. The van der Waals surface area contributed by atoms with E-state index in [2.05, 4.69) is 14.8 Å². The van der Waals surface area contributed by atoms with Crippen LogP contribution in [-0.2, 0) is 23.7 Å². The van der Waals surface area contributed by atoms with Crippen molar-refractivity contribution in [2.24, 2.45) is 9.50 Å². The first-order valence-electron chi connectivity index (χ1n) is 9.47. The minimum atomic E-state index is -3.02. The number of carbonyl (C=O) groups is 1. The molecular weight excluding hydrogens is 429 g/mol. The van der Waals surface area contributed by atoms with E-state index in [4.69, 9.17) is 10.1 Å². The Morgan fingerprint density at radius 2 is 2.03 bits per heavy atom. The fourth-order valence-electron chi connectivity index (χ4n) is 3.66. The van der Waals surface area contributed by atoms with Crippen molar-refractivity contribution in [1.82, 2.24) is 14.8 Å². The van der Waals surface area contributed by atoms with Crippen molar-refractivity contribution in [3.05, 3.63) is 59.3 Å². The Hall–Kier alpha value is -3.05. The number of nitrogens with zero attached hydrogens (tertiary/aromatic N) is 4. The van der Waals surface area contributed by atoms with Gasteiger partial charge in [0.15, 0.2) is 10.8 Å². The standard InChI is InChI=1S/C20H19F3N6OS/c1-11-16(12-6-3-2-4-7-12)17(13-8-5-9-15(13)25-11)26-20(30)28-31(24)18-14(21)10-29(27-18)19(22)23/h2-4,6-7,10,19H,5,8-9H2,1H3,(H3,24,25,26,28,30). The van der Waals surface area contributed by atoms with Gasteiger partial charge < -0.3 is 5.32 Å². The average Bonchev–Trinajstić information content (AvgIpc) is 3.35. The summed E-state index contributed by atoms with van der Waals surface area (Å²) < 4.78 is 43.3. The summed E-state index contributed by atoms with van der Waals surface area (Å²) in [7, 11) is -1.84. The number of halogens is 3. The van der Waals surface area contributed by atoms with E-state index < -0.39 is 34.3 Å². The zero-order valence-corrected chi connectivity index (χ0v) is 17.3. The number of urea groups is 1. The van der Waals surface area contributed by atoms with Crippen LogP contribution in [0.5, 0.6) is 0 Å². The third-order valence-corrected chi connectivity index (χ3v) is 5.97. The molecule has 2 amide bonds. The van der Waals surface area contributed by atoms with Crippen molar-refractivity contribution in [1.29, 1.82) is 0 Å². The van der Waals surface area contributed by atoms with E-state index in [0.717, 1.165) is 47.3 Å². The van der Waals surface area contributed by atoms with E-state index in [1.54, 1.807) is 0 Å². The van der Waals surface area contributed by atoms with Crippen LogP contribution in [0.2, 0.25) is 0 Å². The Labute approximate surface area is 178 Å². The zero-order chi connectivity index (χ0) is 22.1. The van der Waals surface area contributed by atoms with Crippen LogP contribution in [-0.4, -0.2) is 20.8 Å². The molecule has 1 unspecified atom stereocenters. The zero-order valence-electron chi connectivity index (χ0n) is 16.5. The van der Waals surface area contributed by atoms with Gasteiger partial charge in [0, 0.05) is 27.8 Å². The van der Waals surface area contributed by atoms with Crippen molar-refractivity contribution in [3.8, 4) is 11.1 Å². The fourth-order valence-corrected chi connectivity index (χ4v) is 4.40. The Balaban J connectivity index is 1.71. The number of pyridine rings is 1. The van der Waals surface area contributed by atoms with Gasteiger partial charge >= 0.3 is 12.6 Å². The number of benzene rings is 1. The molecule has 0 spiro atoms. The predicted octanol–water partition coefficient (Wildman–Crippen LogP) is 4.54. The van der Waals surface area contributed by atoms with Gasteiger partial charge in [-0.05, 0) is 37.3 Å². The lowest BCUT2D eigenvalue weighted by atomic mass is 9.98. The van der Waals surface area contributed by atoms with Crippen LogP contribution < -0.4 is 10.5 Å². The van der Waals surface area contributed by atoms with Gasteiger partial charge in [0.05, 0.1) is 11.9 Å². The molecule has 11 heteroatoms. The summed E-state index contributed by atoms with van der Waals surface area (Å²) in [4.78, 5) is 17.4. The first-order chi connectivity index (χ1) is 14.8. The molecule has 0 saturated carbocycles. The number of rotatable bonds is 4. The highest BCUT2D eigenvalue weighted by Crippen LogP contribution is 2.38. The summed E-state index contributed by atoms with van der Waals surface area (Å²) in [5, 5.41) is 11.5. The molecule has 31 heavy (non-hydrogen) atoms. The number of fused-ring (bicyclic) bond motifs is 1. The van der Waals surface area contributed by atoms with Crippen molar-refractivity contribution in [2.45, 2.75) is 37.8 Å². The number of aryl methyl sites for hydroxylation is 2. The summed E-state index contributed by atoms with van der Waals surface area (Å²) in [6.45, 7) is -1.15. The molecule has 3 N–H and O–H groups in total. The largest absolute Gasteiger partial charge is 0.352 e. The highest BCUT2D eigenvalue weighted by Gasteiger charge is 2.24. The molecule has 0 aliphatic heterocycles. The van der Waals surface area contributed by atoms with Crippen LogP contribution in [0.4, 0.5) is 23.7 Å². The minimum absolute atomic E-state index is 0.136. The number of anilines is 1. The molecule has 1 aliphatic rings. The lowest BCUT2D eigenvalue weighted by molar-refractivity contribution is 0.0552. The molecule has 0 radical (unpaired) electrons. The van der Waals surface area contributed by atoms with E-state index in [1.807, 2.05) is 37.3 Å². The summed E-state index contributed by atoms with van der Waals surface area (Å²) in [5.41, 5.74) is 4.85. The van der Waals surface area contributed by atoms with Gasteiger partial charge in [0.2, 0.25) is 0 Å². The smallest absolute Gasteiger partial charge is 0.305 e. The van der Waals surface area contributed by atoms with Gasteiger partial charge in [-0.15, -0.1) is 4.36 Å². The summed E-state index contributed by atoms with van der Waals surface area (Å²) in [5.74, 6) is -1.05. The number of alkyl halides is 2. The first-order valence-corrected chi connectivity index (χ1v) is 10.7. The first kappa shape index (κ1) is 21.2. The highest BCUT2D eigenvalue weighted by molar-refractivity contribution is 7.85. The lowest BCUT2D eigenvalue weighted by Gasteiger charge is -2.17. The summed E-state index contributed by atoms with van der Waals surface area (Å²) in [6.07, 6.45) is 2.99. The second kappa shape index (κ2) is 8.60. The van der Waals surface area contributed by atoms with E-state index in [9.17, 15) is 18.0 Å². The molecule has 2 aromatic heterocycles. The molecule has 4 rings (SSSR count). The van der Waals surface area contributed by atoms with Crippen LogP contribution in [0.1, 0.15) is 29.9 Å². The molecule has 0 saturated heterocycles. The maximum Gasteiger partial charge on any atom is 0.352 e. The maximum atomic E-state index is 13.9. The molecule has 2 heterocycles.